The molecule has 0 aliphatic carbocycles. The standard InChI is InChI=1S/C20H23ClN6O/c1-14(2)19-18(11-23-27(19)17-5-3-4-15(21)10-17)20(28)25-8-6-16(7-9-25)26-13-22-12-24-26/h3-5,10-14,16H,6-9H2,1-2H3. The second-order valence-corrected chi connectivity index (χ2v) is 7.83. The summed E-state index contributed by atoms with van der Waals surface area (Å²) in [5.74, 6) is 0.183. The van der Waals surface area contributed by atoms with Gasteiger partial charge in [-0.2, -0.15) is 10.2 Å². The van der Waals surface area contributed by atoms with Crippen LogP contribution in [-0.4, -0.2) is 48.4 Å². The van der Waals surface area contributed by atoms with Gasteiger partial charge in [-0.25, -0.2) is 14.3 Å². The van der Waals surface area contributed by atoms with E-state index in [0.29, 0.717) is 29.7 Å². The number of carbonyl (C=O) groups is 1. The largest absolute Gasteiger partial charge is 0.338 e. The van der Waals surface area contributed by atoms with Gasteiger partial charge in [0.25, 0.3) is 5.91 Å². The van der Waals surface area contributed by atoms with Gasteiger partial charge in [0.15, 0.2) is 0 Å². The molecule has 3 aromatic rings. The summed E-state index contributed by atoms with van der Waals surface area (Å²) in [5.41, 5.74) is 2.43. The Labute approximate surface area is 168 Å². The highest BCUT2D eigenvalue weighted by atomic mass is 35.5. The molecule has 28 heavy (non-hydrogen) atoms. The molecule has 0 spiro atoms. The molecule has 0 unspecified atom stereocenters. The zero-order valence-corrected chi connectivity index (χ0v) is 16.8. The van der Waals surface area contributed by atoms with Crippen molar-refractivity contribution in [1.82, 2.24) is 29.4 Å². The average molecular weight is 399 g/mol. The number of rotatable bonds is 4. The Morgan fingerprint density at radius 2 is 2.00 bits per heavy atom. The second kappa shape index (κ2) is 7.75. The van der Waals surface area contributed by atoms with Gasteiger partial charge in [-0.1, -0.05) is 31.5 Å². The quantitative estimate of drug-likeness (QED) is 0.671. The summed E-state index contributed by atoms with van der Waals surface area (Å²) in [6.07, 6.45) is 6.72. The Kier molecular flexibility index (Phi) is 5.17. The van der Waals surface area contributed by atoms with Crippen molar-refractivity contribution in [2.24, 2.45) is 0 Å². The van der Waals surface area contributed by atoms with Crippen molar-refractivity contribution in [3.05, 3.63) is 59.4 Å². The van der Waals surface area contributed by atoms with Crippen LogP contribution in [0.2, 0.25) is 5.02 Å². The first kappa shape index (κ1) is 18.7. The molecule has 1 amide bonds. The molecule has 1 aliphatic rings. The lowest BCUT2D eigenvalue weighted by molar-refractivity contribution is 0.0688. The number of amides is 1. The number of hydrogen-bond acceptors (Lipinski definition) is 4. The highest BCUT2D eigenvalue weighted by Gasteiger charge is 2.29. The van der Waals surface area contributed by atoms with Crippen LogP contribution in [0.1, 0.15) is 54.7 Å². The molecule has 1 aliphatic heterocycles. The predicted molar refractivity (Wildman–Crippen MR) is 107 cm³/mol. The summed E-state index contributed by atoms with van der Waals surface area (Å²) in [4.78, 5) is 19.2. The maximum Gasteiger partial charge on any atom is 0.257 e. The van der Waals surface area contributed by atoms with Crippen molar-refractivity contribution in [2.75, 3.05) is 13.1 Å². The molecular formula is C20H23ClN6O. The highest BCUT2D eigenvalue weighted by molar-refractivity contribution is 6.30. The lowest BCUT2D eigenvalue weighted by atomic mass is 10.0. The van der Waals surface area contributed by atoms with Gasteiger partial charge < -0.3 is 4.90 Å². The molecule has 0 radical (unpaired) electrons. The Balaban J connectivity index is 1.56. The van der Waals surface area contributed by atoms with Crippen molar-refractivity contribution in [1.29, 1.82) is 0 Å². The summed E-state index contributed by atoms with van der Waals surface area (Å²) in [5, 5.41) is 9.38. The van der Waals surface area contributed by atoms with Crippen LogP contribution in [0.5, 0.6) is 0 Å². The predicted octanol–water partition coefficient (Wildman–Crippen LogP) is 3.72. The Bertz CT molecular complexity index is 957. The molecule has 7 nitrogen and oxygen atoms in total. The van der Waals surface area contributed by atoms with Crippen LogP contribution in [0, 0.1) is 0 Å². The number of benzene rings is 1. The van der Waals surface area contributed by atoms with Gasteiger partial charge >= 0.3 is 0 Å². The van der Waals surface area contributed by atoms with Crippen LogP contribution in [0.15, 0.2) is 43.1 Å². The van der Waals surface area contributed by atoms with Gasteiger partial charge in [-0.3, -0.25) is 4.79 Å². The third-order valence-corrected chi connectivity index (χ3v) is 5.43. The first-order valence-corrected chi connectivity index (χ1v) is 9.89. The van der Waals surface area contributed by atoms with Gasteiger partial charge in [0.05, 0.1) is 29.2 Å². The van der Waals surface area contributed by atoms with Crippen LogP contribution < -0.4 is 0 Å². The molecule has 0 atom stereocenters. The molecule has 1 saturated heterocycles. The van der Waals surface area contributed by atoms with E-state index in [-0.39, 0.29) is 11.8 Å². The maximum atomic E-state index is 13.2. The molecule has 3 heterocycles. The minimum Gasteiger partial charge on any atom is -0.338 e. The van der Waals surface area contributed by atoms with E-state index in [1.165, 1.54) is 0 Å². The Morgan fingerprint density at radius 1 is 1.21 bits per heavy atom. The van der Waals surface area contributed by atoms with Gasteiger partial charge in [0, 0.05) is 18.1 Å². The van der Waals surface area contributed by atoms with Crippen molar-refractivity contribution in [3.63, 3.8) is 0 Å². The highest BCUT2D eigenvalue weighted by Crippen LogP contribution is 2.28. The summed E-state index contributed by atoms with van der Waals surface area (Å²) in [7, 11) is 0. The van der Waals surface area contributed by atoms with Crippen LogP contribution in [0.3, 0.4) is 0 Å². The second-order valence-electron chi connectivity index (χ2n) is 7.39. The molecule has 0 saturated carbocycles. The molecule has 8 heteroatoms. The zero-order chi connectivity index (χ0) is 19.7. The van der Waals surface area contributed by atoms with E-state index < -0.39 is 0 Å². The third kappa shape index (κ3) is 3.54. The van der Waals surface area contributed by atoms with Gasteiger partial charge in [0.2, 0.25) is 0 Å². The number of piperidine rings is 1. The zero-order valence-electron chi connectivity index (χ0n) is 16.0. The fourth-order valence-corrected chi connectivity index (χ4v) is 3.99. The number of aromatic nitrogens is 5. The lowest BCUT2D eigenvalue weighted by Gasteiger charge is -2.32. The normalized spacial score (nSPS) is 15.4. The van der Waals surface area contributed by atoms with Crippen LogP contribution in [-0.2, 0) is 0 Å². The van der Waals surface area contributed by atoms with Crippen molar-refractivity contribution < 1.29 is 4.79 Å². The lowest BCUT2D eigenvalue weighted by Crippen LogP contribution is -2.39. The number of halogens is 1. The van der Waals surface area contributed by atoms with Crippen molar-refractivity contribution in [3.8, 4) is 5.69 Å². The summed E-state index contributed by atoms with van der Waals surface area (Å²) in [6.45, 7) is 5.55. The molecular weight excluding hydrogens is 376 g/mol. The van der Waals surface area contributed by atoms with E-state index in [0.717, 1.165) is 24.2 Å². The minimum atomic E-state index is 0.0361. The number of nitrogens with zero attached hydrogens (tertiary/aromatic N) is 6. The van der Waals surface area contributed by atoms with Gasteiger partial charge in [0.1, 0.15) is 12.7 Å². The Morgan fingerprint density at radius 3 is 2.64 bits per heavy atom. The molecule has 1 aromatic carbocycles. The molecule has 0 N–H and O–H groups in total. The smallest absolute Gasteiger partial charge is 0.257 e. The SMILES string of the molecule is CC(C)c1c(C(=O)N2CCC(n3cncn3)CC2)cnn1-c1cccc(Cl)c1. The van der Waals surface area contributed by atoms with Crippen LogP contribution in [0.4, 0.5) is 0 Å². The average Bonchev–Trinajstić information content (AvgIpc) is 3.37. The van der Waals surface area contributed by atoms with Crippen LogP contribution >= 0.6 is 11.6 Å². The molecule has 1 fully saturated rings. The molecule has 4 rings (SSSR count). The van der Waals surface area contributed by atoms with E-state index in [9.17, 15) is 4.79 Å². The van der Waals surface area contributed by atoms with Gasteiger partial charge in [-0.05, 0) is 37.0 Å². The van der Waals surface area contributed by atoms with E-state index in [1.54, 1.807) is 18.9 Å². The van der Waals surface area contributed by atoms with E-state index in [1.807, 2.05) is 38.5 Å². The fraction of sp³-hybridized carbons (Fsp3) is 0.400. The monoisotopic (exact) mass is 398 g/mol. The number of hydrogen-bond donors (Lipinski definition) is 0. The maximum absolute atomic E-state index is 13.2. The number of carbonyl (C=O) groups excluding carboxylic acids is 1. The molecule has 0 bridgehead atoms. The van der Waals surface area contributed by atoms with E-state index >= 15 is 0 Å². The first-order chi connectivity index (χ1) is 13.5. The third-order valence-electron chi connectivity index (χ3n) is 5.20. The molecule has 2 aromatic heterocycles. The topological polar surface area (TPSA) is 68.8 Å². The first-order valence-electron chi connectivity index (χ1n) is 9.52. The van der Waals surface area contributed by atoms with Crippen molar-refractivity contribution in [2.45, 2.75) is 38.6 Å². The molecule has 146 valence electrons. The number of likely N-dealkylation sites (tertiary alicyclic amines) is 1. The Hall–Kier alpha value is -2.67. The fourth-order valence-electron chi connectivity index (χ4n) is 3.80. The summed E-state index contributed by atoms with van der Waals surface area (Å²) in [6, 6.07) is 7.82. The van der Waals surface area contributed by atoms with Gasteiger partial charge in [-0.15, -0.1) is 0 Å². The van der Waals surface area contributed by atoms with Crippen LogP contribution in [0.25, 0.3) is 5.69 Å². The van der Waals surface area contributed by atoms with Crippen molar-refractivity contribution >= 4 is 17.5 Å². The summed E-state index contributed by atoms with van der Waals surface area (Å²) >= 11 is 6.15. The van der Waals surface area contributed by atoms with E-state index in [2.05, 4.69) is 29.0 Å². The van der Waals surface area contributed by atoms with E-state index in [4.69, 9.17) is 11.6 Å². The minimum absolute atomic E-state index is 0.0361. The summed E-state index contributed by atoms with van der Waals surface area (Å²) < 4.78 is 3.71.